The highest BCUT2D eigenvalue weighted by molar-refractivity contribution is 9.10. The van der Waals surface area contributed by atoms with E-state index in [4.69, 9.17) is 0 Å². The molecular formula is C12H16BrNO. The summed E-state index contributed by atoms with van der Waals surface area (Å²) in [6.07, 6.45) is 0.885. The molecule has 0 saturated heterocycles. The zero-order valence-electron chi connectivity index (χ0n) is 9.09. The topological polar surface area (TPSA) is 29.1 Å². The molecule has 0 radical (unpaired) electrons. The summed E-state index contributed by atoms with van der Waals surface area (Å²) in [6, 6.07) is 8.17. The van der Waals surface area contributed by atoms with Crippen molar-refractivity contribution in [1.29, 1.82) is 0 Å². The minimum Gasteiger partial charge on any atom is -0.309 e. The van der Waals surface area contributed by atoms with Gasteiger partial charge in [-0.05, 0) is 11.6 Å². The third-order valence-electron chi connectivity index (χ3n) is 2.40. The van der Waals surface area contributed by atoms with E-state index in [9.17, 15) is 4.79 Å². The molecule has 0 heterocycles. The van der Waals surface area contributed by atoms with Crippen LogP contribution in [-0.2, 0) is 10.2 Å². The molecule has 0 unspecified atom stereocenters. The maximum absolute atomic E-state index is 10.2. The molecule has 3 heteroatoms. The molecule has 0 bridgehead atoms. The summed E-state index contributed by atoms with van der Waals surface area (Å²) in [6.45, 7) is 5.51. The third-order valence-corrected chi connectivity index (χ3v) is 3.09. The zero-order chi connectivity index (χ0) is 11.3. The Morgan fingerprint density at radius 3 is 2.67 bits per heavy atom. The van der Waals surface area contributed by atoms with E-state index in [1.165, 1.54) is 5.56 Å². The molecule has 0 spiro atoms. The Bertz CT molecular complexity index is 336. The Balaban J connectivity index is 2.76. The van der Waals surface area contributed by atoms with Gasteiger partial charge in [0.2, 0.25) is 0 Å². The fourth-order valence-electron chi connectivity index (χ4n) is 1.55. The highest BCUT2D eigenvalue weighted by atomic mass is 79.9. The van der Waals surface area contributed by atoms with Crippen molar-refractivity contribution in [3.05, 3.63) is 34.3 Å². The van der Waals surface area contributed by atoms with E-state index >= 15 is 0 Å². The van der Waals surface area contributed by atoms with Gasteiger partial charge in [-0.15, -0.1) is 0 Å². The lowest BCUT2D eigenvalue weighted by Gasteiger charge is -2.26. The monoisotopic (exact) mass is 269 g/mol. The maximum atomic E-state index is 10.2. The van der Waals surface area contributed by atoms with Crippen LogP contribution in [0, 0.1) is 0 Å². The molecule has 1 aromatic carbocycles. The van der Waals surface area contributed by atoms with Crippen LogP contribution in [0.2, 0.25) is 0 Å². The van der Waals surface area contributed by atoms with E-state index in [-0.39, 0.29) is 5.41 Å². The van der Waals surface area contributed by atoms with Crippen LogP contribution in [0.5, 0.6) is 0 Å². The highest BCUT2D eigenvalue weighted by Crippen LogP contribution is 2.29. The van der Waals surface area contributed by atoms with Gasteiger partial charge >= 0.3 is 0 Å². The first-order valence-electron chi connectivity index (χ1n) is 4.97. The third kappa shape index (κ3) is 3.43. The molecule has 0 fully saturated rings. The van der Waals surface area contributed by atoms with E-state index in [0.29, 0.717) is 6.54 Å². The summed E-state index contributed by atoms with van der Waals surface area (Å²) in [7, 11) is 0. The first-order chi connectivity index (χ1) is 7.08. The molecule has 0 aromatic heterocycles. The van der Waals surface area contributed by atoms with Crippen LogP contribution in [0.25, 0.3) is 0 Å². The first kappa shape index (κ1) is 12.4. The molecule has 82 valence electrons. The molecule has 1 rings (SSSR count). The number of hydrogen-bond acceptors (Lipinski definition) is 2. The minimum atomic E-state index is 0.0170. The van der Waals surface area contributed by atoms with Gasteiger partial charge in [-0.25, -0.2) is 0 Å². The van der Waals surface area contributed by atoms with Crippen molar-refractivity contribution < 1.29 is 4.79 Å². The van der Waals surface area contributed by atoms with Crippen molar-refractivity contribution in [3.63, 3.8) is 0 Å². The summed E-state index contributed by atoms with van der Waals surface area (Å²) in [5.74, 6) is 0. The smallest absolute Gasteiger partial charge is 0.133 e. The van der Waals surface area contributed by atoms with Crippen LogP contribution in [0.4, 0.5) is 0 Å². The van der Waals surface area contributed by atoms with Gasteiger partial charge in [-0.3, -0.25) is 0 Å². The lowest BCUT2D eigenvalue weighted by Crippen LogP contribution is -2.34. The molecule has 0 aliphatic rings. The van der Waals surface area contributed by atoms with E-state index in [2.05, 4.69) is 41.2 Å². The number of benzene rings is 1. The van der Waals surface area contributed by atoms with Crippen LogP contribution in [0.3, 0.4) is 0 Å². The largest absolute Gasteiger partial charge is 0.309 e. The second kappa shape index (κ2) is 5.42. The van der Waals surface area contributed by atoms with Crippen molar-refractivity contribution in [1.82, 2.24) is 5.32 Å². The van der Waals surface area contributed by atoms with Gasteiger partial charge < -0.3 is 10.1 Å². The van der Waals surface area contributed by atoms with E-state index in [1.807, 2.05) is 18.2 Å². The van der Waals surface area contributed by atoms with Gasteiger partial charge in [0.05, 0.1) is 6.54 Å². The van der Waals surface area contributed by atoms with Crippen molar-refractivity contribution in [2.75, 3.05) is 13.1 Å². The summed E-state index contributed by atoms with van der Waals surface area (Å²) in [4.78, 5) is 10.2. The summed E-state index contributed by atoms with van der Waals surface area (Å²) < 4.78 is 1.11. The summed E-state index contributed by atoms with van der Waals surface area (Å²) in [5, 5.41) is 3.11. The zero-order valence-corrected chi connectivity index (χ0v) is 10.7. The number of carbonyl (C=O) groups excluding carboxylic acids is 1. The van der Waals surface area contributed by atoms with Gasteiger partial charge in [-0.1, -0.05) is 48.0 Å². The number of hydrogen-bond donors (Lipinski definition) is 1. The number of aldehydes is 1. The maximum Gasteiger partial charge on any atom is 0.133 e. The highest BCUT2D eigenvalue weighted by Gasteiger charge is 2.21. The normalized spacial score (nSPS) is 11.4. The van der Waals surface area contributed by atoms with E-state index in [1.54, 1.807) is 0 Å². The number of nitrogens with one attached hydrogen (secondary N) is 1. The van der Waals surface area contributed by atoms with Gasteiger partial charge in [0.25, 0.3) is 0 Å². The first-order valence-corrected chi connectivity index (χ1v) is 5.76. The van der Waals surface area contributed by atoms with E-state index < -0.39 is 0 Å². The predicted octanol–water partition coefficient (Wildman–Crippen LogP) is 2.52. The minimum absolute atomic E-state index is 0.0170. The fourth-order valence-corrected chi connectivity index (χ4v) is 2.37. The van der Waals surface area contributed by atoms with Gasteiger partial charge in [0, 0.05) is 16.4 Å². The Morgan fingerprint density at radius 2 is 2.07 bits per heavy atom. The van der Waals surface area contributed by atoms with E-state index in [0.717, 1.165) is 17.3 Å². The molecule has 0 atom stereocenters. The van der Waals surface area contributed by atoms with Gasteiger partial charge in [0.1, 0.15) is 6.29 Å². The average Bonchev–Trinajstić information content (AvgIpc) is 2.18. The van der Waals surface area contributed by atoms with Gasteiger partial charge in [-0.2, -0.15) is 0 Å². The Kier molecular flexibility index (Phi) is 4.48. The molecular weight excluding hydrogens is 254 g/mol. The summed E-state index contributed by atoms with van der Waals surface area (Å²) >= 11 is 3.54. The van der Waals surface area contributed by atoms with Crippen LogP contribution in [0.1, 0.15) is 19.4 Å². The van der Waals surface area contributed by atoms with Crippen LogP contribution in [-0.4, -0.2) is 19.4 Å². The van der Waals surface area contributed by atoms with Crippen molar-refractivity contribution in [3.8, 4) is 0 Å². The van der Waals surface area contributed by atoms with Crippen molar-refractivity contribution in [2.45, 2.75) is 19.3 Å². The standard InChI is InChI=1S/C12H16BrNO/c1-12(2,9-14-7-8-15)10-5-3-4-6-11(10)13/h3-6,8,14H,7,9H2,1-2H3. The number of halogens is 1. The molecule has 0 aliphatic heterocycles. The summed E-state index contributed by atoms with van der Waals surface area (Å²) in [5.41, 5.74) is 1.27. The van der Waals surface area contributed by atoms with Crippen molar-refractivity contribution >= 4 is 22.2 Å². The molecule has 15 heavy (non-hydrogen) atoms. The van der Waals surface area contributed by atoms with Gasteiger partial charge in [0.15, 0.2) is 0 Å². The number of carbonyl (C=O) groups is 1. The Morgan fingerprint density at radius 1 is 1.40 bits per heavy atom. The lowest BCUT2D eigenvalue weighted by atomic mass is 9.84. The van der Waals surface area contributed by atoms with Crippen LogP contribution >= 0.6 is 15.9 Å². The Hall–Kier alpha value is -0.670. The SMILES string of the molecule is CC(C)(CNCC=O)c1ccccc1Br. The molecule has 1 aromatic rings. The molecule has 0 amide bonds. The van der Waals surface area contributed by atoms with Crippen LogP contribution < -0.4 is 5.32 Å². The lowest BCUT2D eigenvalue weighted by molar-refractivity contribution is -0.107. The second-order valence-electron chi connectivity index (χ2n) is 4.16. The van der Waals surface area contributed by atoms with Crippen molar-refractivity contribution in [2.24, 2.45) is 0 Å². The average molecular weight is 270 g/mol. The quantitative estimate of drug-likeness (QED) is 0.658. The molecule has 1 N–H and O–H groups in total. The number of rotatable bonds is 5. The Labute approximate surface area is 99.2 Å². The fraction of sp³-hybridized carbons (Fsp3) is 0.417. The van der Waals surface area contributed by atoms with Crippen LogP contribution in [0.15, 0.2) is 28.7 Å². The molecule has 2 nitrogen and oxygen atoms in total. The molecule has 0 saturated carbocycles. The second-order valence-corrected chi connectivity index (χ2v) is 5.02. The predicted molar refractivity (Wildman–Crippen MR) is 66.1 cm³/mol. The molecule has 0 aliphatic carbocycles.